The number of rotatable bonds is 6. The predicted molar refractivity (Wildman–Crippen MR) is 77.1 cm³/mol. The second-order valence-electron chi connectivity index (χ2n) is 5.72. The van der Waals surface area contributed by atoms with Gasteiger partial charge in [-0.1, -0.05) is 0 Å². The Morgan fingerprint density at radius 3 is 2.38 bits per heavy atom. The highest BCUT2D eigenvalue weighted by Crippen LogP contribution is 2.45. The number of hydrogen-bond donors (Lipinski definition) is 2. The number of nitrogens with one attached hydrogen (secondary N) is 2. The van der Waals surface area contributed by atoms with Gasteiger partial charge < -0.3 is 10.6 Å². The van der Waals surface area contributed by atoms with E-state index >= 15 is 0 Å². The lowest BCUT2D eigenvalue weighted by Gasteiger charge is -2.18. The zero-order chi connectivity index (χ0) is 14.2. The van der Waals surface area contributed by atoms with Gasteiger partial charge in [-0.05, 0) is 37.5 Å². The van der Waals surface area contributed by atoms with Crippen LogP contribution < -0.4 is 10.6 Å². The van der Waals surface area contributed by atoms with E-state index in [1.807, 2.05) is 0 Å². The van der Waals surface area contributed by atoms with Crippen LogP contribution in [-0.4, -0.2) is 42.8 Å². The van der Waals surface area contributed by atoms with Gasteiger partial charge in [0, 0.05) is 13.1 Å². The van der Waals surface area contributed by atoms with Crippen LogP contribution in [0.25, 0.3) is 5.95 Å². The maximum Gasteiger partial charge on any atom is 0.258 e. The summed E-state index contributed by atoms with van der Waals surface area (Å²) in [4.78, 5) is 17.1. The van der Waals surface area contributed by atoms with Gasteiger partial charge in [-0.2, -0.15) is 24.7 Å². The van der Waals surface area contributed by atoms with E-state index in [0.717, 1.165) is 11.8 Å². The van der Waals surface area contributed by atoms with Crippen LogP contribution in [0.15, 0.2) is 12.7 Å². The van der Waals surface area contributed by atoms with E-state index in [1.54, 1.807) is 13.4 Å². The fraction of sp³-hybridized carbons (Fsp3) is 0.615. The summed E-state index contributed by atoms with van der Waals surface area (Å²) in [5.41, 5.74) is 0. The van der Waals surface area contributed by atoms with Gasteiger partial charge in [0.15, 0.2) is 0 Å². The molecule has 2 N–H and O–H groups in total. The average Bonchev–Trinajstić information content (AvgIpc) is 3.44. The maximum absolute atomic E-state index is 4.47. The van der Waals surface area contributed by atoms with E-state index in [4.69, 9.17) is 0 Å². The zero-order valence-corrected chi connectivity index (χ0v) is 11.9. The van der Waals surface area contributed by atoms with Crippen molar-refractivity contribution in [3.05, 3.63) is 12.7 Å². The number of aromatic nitrogens is 6. The van der Waals surface area contributed by atoms with E-state index < -0.39 is 0 Å². The zero-order valence-electron chi connectivity index (χ0n) is 11.9. The number of anilines is 2. The molecule has 2 heterocycles. The van der Waals surface area contributed by atoms with Gasteiger partial charge in [0.1, 0.15) is 12.7 Å². The van der Waals surface area contributed by atoms with Crippen molar-refractivity contribution in [3.63, 3.8) is 0 Å². The topological polar surface area (TPSA) is 93.4 Å². The van der Waals surface area contributed by atoms with Gasteiger partial charge in [0.2, 0.25) is 11.9 Å². The highest BCUT2D eigenvalue weighted by Gasteiger charge is 2.41. The Labute approximate surface area is 122 Å². The fourth-order valence-electron chi connectivity index (χ4n) is 2.64. The SMILES string of the molecule is CNc1nc(NC(C2CC2)C2CC2)nc(-n2cncn2)n1. The quantitative estimate of drug-likeness (QED) is 0.821. The third kappa shape index (κ3) is 2.65. The summed E-state index contributed by atoms with van der Waals surface area (Å²) in [6, 6.07) is 0.501. The summed E-state index contributed by atoms with van der Waals surface area (Å²) < 4.78 is 1.54. The van der Waals surface area contributed by atoms with Crippen molar-refractivity contribution in [1.82, 2.24) is 29.7 Å². The third-order valence-electron chi connectivity index (χ3n) is 4.03. The molecule has 2 aliphatic carbocycles. The summed E-state index contributed by atoms with van der Waals surface area (Å²) in [7, 11) is 1.80. The molecule has 8 heteroatoms. The van der Waals surface area contributed by atoms with Gasteiger partial charge in [-0.25, -0.2) is 4.98 Å². The molecule has 0 unspecified atom stereocenters. The Bertz CT molecular complexity index is 605. The van der Waals surface area contributed by atoms with E-state index in [9.17, 15) is 0 Å². The highest BCUT2D eigenvalue weighted by molar-refractivity contribution is 5.38. The van der Waals surface area contributed by atoms with Gasteiger partial charge in [-0.15, -0.1) is 0 Å². The van der Waals surface area contributed by atoms with E-state index in [-0.39, 0.29) is 0 Å². The van der Waals surface area contributed by atoms with Crippen LogP contribution in [0.3, 0.4) is 0 Å². The minimum atomic E-state index is 0.472. The smallest absolute Gasteiger partial charge is 0.258 e. The van der Waals surface area contributed by atoms with Gasteiger partial charge in [0.05, 0.1) is 0 Å². The molecule has 0 aromatic carbocycles. The van der Waals surface area contributed by atoms with Gasteiger partial charge in [-0.3, -0.25) is 0 Å². The van der Waals surface area contributed by atoms with E-state index in [2.05, 4.69) is 35.7 Å². The number of nitrogens with zero attached hydrogens (tertiary/aromatic N) is 6. The molecular weight excluding hydrogens is 268 g/mol. The second-order valence-corrected chi connectivity index (χ2v) is 5.72. The first-order valence-electron chi connectivity index (χ1n) is 7.39. The molecule has 2 aromatic heterocycles. The Hall–Kier alpha value is -2.25. The minimum absolute atomic E-state index is 0.472. The number of hydrogen-bond acceptors (Lipinski definition) is 7. The first-order chi connectivity index (χ1) is 10.3. The lowest BCUT2D eigenvalue weighted by Crippen LogP contribution is -2.26. The van der Waals surface area contributed by atoms with Crippen molar-refractivity contribution < 1.29 is 0 Å². The van der Waals surface area contributed by atoms with Crippen LogP contribution >= 0.6 is 0 Å². The first kappa shape index (κ1) is 12.5. The van der Waals surface area contributed by atoms with Crippen LogP contribution in [0.5, 0.6) is 0 Å². The summed E-state index contributed by atoms with van der Waals surface area (Å²) in [6.45, 7) is 0. The summed E-state index contributed by atoms with van der Waals surface area (Å²) in [5.74, 6) is 3.18. The largest absolute Gasteiger partial charge is 0.357 e. The lowest BCUT2D eigenvalue weighted by atomic mass is 10.1. The average molecular weight is 286 g/mol. The van der Waals surface area contributed by atoms with Crippen molar-refractivity contribution in [2.45, 2.75) is 31.7 Å². The van der Waals surface area contributed by atoms with Crippen LogP contribution in [0.1, 0.15) is 25.7 Å². The standard InChI is InChI=1S/C13H18N8/c1-14-11-18-12(17-10(8-2-3-8)9-4-5-9)20-13(19-11)21-7-15-6-16-21/h6-10H,2-5H2,1H3,(H2,14,17,18,19,20). The monoisotopic (exact) mass is 286 g/mol. The normalized spacial score (nSPS) is 18.0. The third-order valence-corrected chi connectivity index (χ3v) is 4.03. The van der Waals surface area contributed by atoms with Crippen LogP contribution in [0.4, 0.5) is 11.9 Å². The molecule has 0 atom stereocenters. The Balaban J connectivity index is 1.62. The molecule has 110 valence electrons. The predicted octanol–water partition coefficient (Wildman–Crippen LogP) is 1.09. The minimum Gasteiger partial charge on any atom is -0.357 e. The molecule has 2 saturated carbocycles. The molecule has 0 spiro atoms. The molecule has 21 heavy (non-hydrogen) atoms. The summed E-state index contributed by atoms with van der Waals surface area (Å²) in [5, 5.41) is 10.6. The van der Waals surface area contributed by atoms with E-state index in [0.29, 0.717) is 23.9 Å². The molecule has 2 aromatic rings. The molecule has 2 fully saturated rings. The second kappa shape index (κ2) is 4.94. The molecular formula is C13H18N8. The van der Waals surface area contributed by atoms with Crippen LogP contribution in [0.2, 0.25) is 0 Å². The molecule has 4 rings (SSSR count). The lowest BCUT2D eigenvalue weighted by molar-refractivity contribution is 0.562. The first-order valence-corrected chi connectivity index (χ1v) is 7.39. The van der Waals surface area contributed by atoms with Gasteiger partial charge >= 0.3 is 0 Å². The van der Waals surface area contributed by atoms with E-state index in [1.165, 1.54) is 36.7 Å². The van der Waals surface area contributed by atoms with Crippen molar-refractivity contribution in [2.24, 2.45) is 11.8 Å². The molecule has 0 saturated heterocycles. The molecule has 0 amide bonds. The summed E-state index contributed by atoms with van der Waals surface area (Å²) >= 11 is 0. The molecule has 2 aliphatic rings. The van der Waals surface area contributed by atoms with Crippen molar-refractivity contribution >= 4 is 11.9 Å². The molecule has 0 radical (unpaired) electrons. The van der Waals surface area contributed by atoms with Crippen LogP contribution in [-0.2, 0) is 0 Å². The van der Waals surface area contributed by atoms with Crippen molar-refractivity contribution in [1.29, 1.82) is 0 Å². The van der Waals surface area contributed by atoms with Crippen molar-refractivity contribution in [2.75, 3.05) is 17.7 Å². The summed E-state index contributed by atoms with van der Waals surface area (Å²) in [6.07, 6.45) is 8.30. The van der Waals surface area contributed by atoms with Crippen molar-refractivity contribution in [3.8, 4) is 5.95 Å². The molecule has 0 bridgehead atoms. The van der Waals surface area contributed by atoms with Crippen LogP contribution in [0, 0.1) is 11.8 Å². The Kier molecular flexibility index (Phi) is 2.94. The highest BCUT2D eigenvalue weighted by atomic mass is 15.4. The molecule has 0 aliphatic heterocycles. The Morgan fingerprint density at radius 2 is 1.81 bits per heavy atom. The van der Waals surface area contributed by atoms with Gasteiger partial charge in [0.25, 0.3) is 5.95 Å². The fourth-order valence-corrected chi connectivity index (χ4v) is 2.64. The maximum atomic E-state index is 4.47. The molecule has 8 nitrogen and oxygen atoms in total. The Morgan fingerprint density at radius 1 is 1.10 bits per heavy atom.